The van der Waals surface area contributed by atoms with Crippen LogP contribution in [0.4, 0.5) is 0 Å². The molecule has 0 heterocycles. The Balaban J connectivity index is 3.47. The molecule has 0 aliphatic heterocycles. The molecule has 0 saturated heterocycles. The van der Waals surface area contributed by atoms with E-state index in [9.17, 15) is 9.59 Å². The van der Waals surface area contributed by atoms with Crippen LogP contribution in [0.15, 0.2) is 24.8 Å². The zero-order chi connectivity index (χ0) is 24.4. The molecule has 1 atom stereocenters. The quantitative estimate of drug-likeness (QED) is 0.0832. The second kappa shape index (κ2) is 25.1. The van der Waals surface area contributed by atoms with Crippen molar-refractivity contribution < 1.29 is 19.4 Å². The van der Waals surface area contributed by atoms with Crippen LogP contribution in [0.3, 0.4) is 0 Å². The van der Waals surface area contributed by atoms with Crippen LogP contribution in [0, 0.1) is 5.92 Å². The van der Waals surface area contributed by atoms with E-state index in [-0.39, 0.29) is 13.0 Å². The lowest BCUT2D eigenvalue weighted by Gasteiger charge is -2.13. The van der Waals surface area contributed by atoms with Crippen LogP contribution < -0.4 is 0 Å². The van der Waals surface area contributed by atoms with E-state index in [1.807, 2.05) is 0 Å². The second-order valence-electron chi connectivity index (χ2n) is 9.35. The molecule has 4 heteroatoms. The Labute approximate surface area is 204 Å². The van der Waals surface area contributed by atoms with Gasteiger partial charge in [0, 0.05) is 0 Å². The van der Waals surface area contributed by atoms with E-state index in [0.717, 1.165) is 19.3 Å². The van der Waals surface area contributed by atoms with Gasteiger partial charge in [0.2, 0.25) is 0 Å². The molecule has 0 radical (unpaired) electrons. The molecule has 1 unspecified atom stereocenters. The standard InChI is InChI=1S/C29H52O4/c1-3-5-6-7-8-9-10-11-12-13-14-15-16-17-18-19-20-21-22-23-24-27(26-28(30)31)29(32)33-25-4-2/h4,14-15,27H,2-3,5-13,16-26H2,1H3,(H,30,31)/b15-14+. The Bertz CT molecular complexity index is 498. The number of carbonyl (C=O) groups is 2. The third-order valence-corrected chi connectivity index (χ3v) is 6.16. The van der Waals surface area contributed by atoms with Gasteiger partial charge >= 0.3 is 11.9 Å². The molecule has 0 aromatic carbocycles. The number of rotatable bonds is 25. The Morgan fingerprint density at radius 1 is 0.758 bits per heavy atom. The summed E-state index contributed by atoms with van der Waals surface area (Å²) in [6.07, 6.45) is 29.7. The van der Waals surface area contributed by atoms with Gasteiger partial charge in [-0.25, -0.2) is 0 Å². The molecule has 0 aromatic rings. The normalized spacial score (nSPS) is 12.2. The maximum absolute atomic E-state index is 11.9. The number of hydrogen-bond donors (Lipinski definition) is 1. The van der Waals surface area contributed by atoms with Gasteiger partial charge in [-0.1, -0.05) is 122 Å². The van der Waals surface area contributed by atoms with Crippen LogP contribution in [0.1, 0.15) is 135 Å². The van der Waals surface area contributed by atoms with Crippen molar-refractivity contribution in [1.82, 2.24) is 0 Å². The second-order valence-corrected chi connectivity index (χ2v) is 9.35. The van der Waals surface area contributed by atoms with Gasteiger partial charge < -0.3 is 9.84 Å². The SMILES string of the molecule is C=CCOC(=O)C(CCCCCCCCC/C=C/CCCCCCCCCCC)CC(=O)O. The number of ether oxygens (including phenoxy) is 1. The Kier molecular flexibility index (Phi) is 23.9. The van der Waals surface area contributed by atoms with Crippen molar-refractivity contribution in [2.75, 3.05) is 6.61 Å². The summed E-state index contributed by atoms with van der Waals surface area (Å²) in [6.45, 7) is 5.93. The summed E-state index contributed by atoms with van der Waals surface area (Å²) in [7, 11) is 0. The number of hydrogen-bond acceptors (Lipinski definition) is 3. The topological polar surface area (TPSA) is 63.6 Å². The maximum atomic E-state index is 11.9. The summed E-state index contributed by atoms with van der Waals surface area (Å²) in [4.78, 5) is 22.9. The van der Waals surface area contributed by atoms with Crippen LogP contribution in [0.5, 0.6) is 0 Å². The third-order valence-electron chi connectivity index (χ3n) is 6.16. The highest BCUT2D eigenvalue weighted by Crippen LogP contribution is 2.18. The summed E-state index contributed by atoms with van der Waals surface area (Å²) in [5, 5.41) is 8.99. The lowest BCUT2D eigenvalue weighted by Crippen LogP contribution is -2.21. The van der Waals surface area contributed by atoms with Crippen molar-refractivity contribution in [3.8, 4) is 0 Å². The van der Waals surface area contributed by atoms with E-state index in [4.69, 9.17) is 9.84 Å². The predicted molar refractivity (Wildman–Crippen MR) is 139 cm³/mol. The number of unbranched alkanes of at least 4 members (excludes halogenated alkanes) is 16. The van der Waals surface area contributed by atoms with Gasteiger partial charge in [0.25, 0.3) is 0 Å². The summed E-state index contributed by atoms with van der Waals surface area (Å²) in [6, 6.07) is 0. The highest BCUT2D eigenvalue weighted by atomic mass is 16.5. The van der Waals surface area contributed by atoms with Gasteiger partial charge in [-0.3, -0.25) is 9.59 Å². The first kappa shape index (κ1) is 31.4. The van der Waals surface area contributed by atoms with Crippen molar-refractivity contribution in [2.24, 2.45) is 5.92 Å². The van der Waals surface area contributed by atoms with Crippen LogP contribution in [-0.2, 0) is 14.3 Å². The molecule has 0 aliphatic carbocycles. The van der Waals surface area contributed by atoms with Gasteiger partial charge in [-0.2, -0.15) is 0 Å². The zero-order valence-electron chi connectivity index (χ0n) is 21.5. The number of esters is 1. The number of carboxylic acids is 1. The highest BCUT2D eigenvalue weighted by molar-refractivity contribution is 5.79. The van der Waals surface area contributed by atoms with Crippen LogP contribution in [0.25, 0.3) is 0 Å². The Morgan fingerprint density at radius 2 is 1.21 bits per heavy atom. The average Bonchev–Trinajstić information content (AvgIpc) is 2.80. The minimum absolute atomic E-state index is 0.142. The van der Waals surface area contributed by atoms with Gasteiger partial charge in [-0.05, 0) is 32.1 Å². The summed E-state index contributed by atoms with van der Waals surface area (Å²) < 4.78 is 5.02. The summed E-state index contributed by atoms with van der Waals surface area (Å²) in [5.41, 5.74) is 0. The fourth-order valence-corrected chi connectivity index (χ4v) is 4.12. The van der Waals surface area contributed by atoms with Crippen molar-refractivity contribution in [1.29, 1.82) is 0 Å². The van der Waals surface area contributed by atoms with Crippen molar-refractivity contribution in [3.63, 3.8) is 0 Å². The molecule has 4 nitrogen and oxygen atoms in total. The molecule has 0 fully saturated rings. The number of aliphatic carboxylic acids is 1. The molecule has 0 spiro atoms. The van der Waals surface area contributed by atoms with Crippen molar-refractivity contribution >= 4 is 11.9 Å². The lowest BCUT2D eigenvalue weighted by molar-refractivity contribution is -0.152. The fourth-order valence-electron chi connectivity index (χ4n) is 4.12. The summed E-state index contributed by atoms with van der Waals surface area (Å²) >= 11 is 0. The smallest absolute Gasteiger partial charge is 0.309 e. The molecular formula is C29H52O4. The maximum Gasteiger partial charge on any atom is 0.309 e. The highest BCUT2D eigenvalue weighted by Gasteiger charge is 2.22. The number of carbonyl (C=O) groups excluding carboxylic acids is 1. The molecule has 0 aliphatic rings. The van der Waals surface area contributed by atoms with Crippen LogP contribution in [0.2, 0.25) is 0 Å². The first-order valence-corrected chi connectivity index (χ1v) is 13.8. The Morgan fingerprint density at radius 3 is 1.67 bits per heavy atom. The largest absolute Gasteiger partial charge is 0.481 e. The molecular weight excluding hydrogens is 412 g/mol. The molecule has 192 valence electrons. The molecule has 0 bridgehead atoms. The number of carboxylic acid groups (broad SMARTS) is 1. The third kappa shape index (κ3) is 23.4. The molecule has 1 N–H and O–H groups in total. The molecule has 0 amide bonds. The van der Waals surface area contributed by atoms with Crippen LogP contribution in [-0.4, -0.2) is 23.7 Å². The van der Waals surface area contributed by atoms with Crippen LogP contribution >= 0.6 is 0 Å². The number of allylic oxidation sites excluding steroid dienone is 2. The summed E-state index contributed by atoms with van der Waals surface area (Å²) in [5.74, 6) is -1.90. The predicted octanol–water partition coefficient (Wildman–Crippen LogP) is 8.79. The molecule has 0 rings (SSSR count). The van der Waals surface area contributed by atoms with Gasteiger partial charge in [0.15, 0.2) is 0 Å². The van der Waals surface area contributed by atoms with E-state index < -0.39 is 17.9 Å². The van der Waals surface area contributed by atoms with Crippen molar-refractivity contribution in [2.45, 2.75) is 135 Å². The van der Waals surface area contributed by atoms with Gasteiger partial charge in [0.05, 0.1) is 12.3 Å². The monoisotopic (exact) mass is 464 g/mol. The first-order valence-electron chi connectivity index (χ1n) is 13.8. The van der Waals surface area contributed by atoms with E-state index >= 15 is 0 Å². The van der Waals surface area contributed by atoms with Crippen molar-refractivity contribution in [3.05, 3.63) is 24.8 Å². The molecule has 0 aromatic heterocycles. The van der Waals surface area contributed by atoms with E-state index in [0.29, 0.717) is 6.42 Å². The zero-order valence-corrected chi connectivity index (χ0v) is 21.5. The molecule has 33 heavy (non-hydrogen) atoms. The minimum atomic E-state index is -0.947. The fraction of sp³-hybridized carbons (Fsp3) is 0.793. The Hall–Kier alpha value is -1.58. The first-order chi connectivity index (χ1) is 16.1. The van der Waals surface area contributed by atoms with E-state index in [1.54, 1.807) is 0 Å². The lowest BCUT2D eigenvalue weighted by atomic mass is 9.97. The van der Waals surface area contributed by atoms with E-state index in [1.165, 1.54) is 102 Å². The average molecular weight is 465 g/mol. The van der Waals surface area contributed by atoms with Gasteiger partial charge in [0.1, 0.15) is 6.61 Å². The minimum Gasteiger partial charge on any atom is -0.481 e. The van der Waals surface area contributed by atoms with Gasteiger partial charge in [-0.15, -0.1) is 0 Å². The van der Waals surface area contributed by atoms with E-state index in [2.05, 4.69) is 25.7 Å². The molecule has 0 saturated carbocycles.